The quantitative estimate of drug-likeness (QED) is 0.439. The maximum Gasteiger partial charge on any atom is 0.146 e. The van der Waals surface area contributed by atoms with E-state index in [9.17, 15) is 4.39 Å². The van der Waals surface area contributed by atoms with Gasteiger partial charge in [0.15, 0.2) is 0 Å². The van der Waals surface area contributed by atoms with Crippen LogP contribution in [0.1, 0.15) is 11.4 Å². The van der Waals surface area contributed by atoms with Crippen molar-refractivity contribution >= 4 is 18.1 Å². The second-order valence-corrected chi connectivity index (χ2v) is 8.97. The lowest BCUT2D eigenvalue weighted by Crippen LogP contribution is -2.36. The Morgan fingerprint density at radius 2 is 1.86 bits per heavy atom. The van der Waals surface area contributed by atoms with Crippen molar-refractivity contribution in [2.75, 3.05) is 37.7 Å². The summed E-state index contributed by atoms with van der Waals surface area (Å²) in [4.78, 5) is 11.6. The van der Waals surface area contributed by atoms with Crippen LogP contribution in [0.4, 0.5) is 10.2 Å². The van der Waals surface area contributed by atoms with E-state index < -0.39 is 0 Å². The Morgan fingerprint density at radius 3 is 2.70 bits per heavy atom. The largest absolute Gasteiger partial charge is 0.378 e. The van der Waals surface area contributed by atoms with Crippen LogP contribution in [0.2, 0.25) is 0 Å². The van der Waals surface area contributed by atoms with Crippen molar-refractivity contribution in [3.05, 3.63) is 77.4 Å². The third-order valence-electron chi connectivity index (χ3n) is 6.58. The fraction of sp³-hybridized carbons (Fsp3) is 0.259. The van der Waals surface area contributed by atoms with Crippen LogP contribution in [0.5, 0.6) is 0 Å². The van der Waals surface area contributed by atoms with E-state index in [4.69, 9.17) is 20.2 Å². The Hall–Kier alpha value is -4.15. The summed E-state index contributed by atoms with van der Waals surface area (Å²) < 4.78 is 22.8. The van der Waals surface area contributed by atoms with Crippen LogP contribution >= 0.6 is 0 Å². The van der Waals surface area contributed by atoms with Crippen LogP contribution in [0.15, 0.2) is 54.7 Å². The van der Waals surface area contributed by atoms with Gasteiger partial charge >= 0.3 is 0 Å². The van der Waals surface area contributed by atoms with Crippen LogP contribution in [0, 0.1) is 11.2 Å². The lowest BCUT2D eigenvalue weighted by molar-refractivity contribution is 0.122. The lowest BCUT2D eigenvalue weighted by atomic mass is 10.1. The third kappa shape index (κ3) is 4.81. The molecule has 1 aromatic carbocycles. The lowest BCUT2D eigenvalue weighted by Gasteiger charge is -2.27. The summed E-state index contributed by atoms with van der Waals surface area (Å²) in [5.41, 5.74) is 4.36. The van der Waals surface area contributed by atoms with Crippen molar-refractivity contribution in [3.63, 3.8) is 0 Å². The summed E-state index contributed by atoms with van der Waals surface area (Å²) >= 11 is 0. The molecule has 1 saturated heterocycles. The summed E-state index contributed by atoms with van der Waals surface area (Å²) in [6.07, 6.45) is 5.51. The topological polar surface area (TPSA) is 96.9 Å². The average molecular weight is 499 g/mol. The number of aromatic nitrogens is 5. The van der Waals surface area contributed by atoms with Crippen molar-refractivity contribution in [1.29, 1.82) is 5.41 Å². The predicted octanol–water partition coefficient (Wildman–Crippen LogP) is 2.99. The van der Waals surface area contributed by atoms with Gasteiger partial charge < -0.3 is 19.5 Å². The Labute approximate surface area is 213 Å². The number of hydrogen-bond acceptors (Lipinski definition) is 7. The number of anilines is 1. The van der Waals surface area contributed by atoms with Gasteiger partial charge in [0.05, 0.1) is 31.1 Å². The van der Waals surface area contributed by atoms with E-state index in [1.807, 2.05) is 24.3 Å². The number of rotatable bonds is 5. The van der Waals surface area contributed by atoms with Gasteiger partial charge in [-0.15, -0.1) is 0 Å². The normalized spacial score (nSPS) is 15.8. The molecule has 9 nitrogen and oxygen atoms in total. The minimum absolute atomic E-state index is 0.255. The Kier molecular flexibility index (Phi) is 6.33. The number of imidazole rings is 1. The predicted molar refractivity (Wildman–Crippen MR) is 139 cm³/mol. The highest BCUT2D eigenvalue weighted by molar-refractivity contribution is 5.77. The summed E-state index contributed by atoms with van der Waals surface area (Å²) in [5, 5.41) is 16.6. The minimum atomic E-state index is -0.288. The van der Waals surface area contributed by atoms with Gasteiger partial charge in [0.1, 0.15) is 28.6 Å². The number of fused-ring (bicyclic) bond motifs is 1. The Balaban J connectivity index is 1.36. The smallest absolute Gasteiger partial charge is 0.146 e. The molecular formula is C27H27FN8O. The van der Waals surface area contributed by atoms with Crippen LogP contribution in [0.3, 0.4) is 0 Å². The van der Waals surface area contributed by atoms with Gasteiger partial charge in [0.2, 0.25) is 0 Å². The number of halogens is 1. The zero-order valence-electron chi connectivity index (χ0n) is 20.3. The van der Waals surface area contributed by atoms with Gasteiger partial charge in [-0.2, -0.15) is 5.10 Å². The molecule has 4 aromatic rings. The zero-order chi connectivity index (χ0) is 25.2. The number of hydrogen-bond donors (Lipinski definition) is 2. The SMILES string of the molecule is N=c1ccc(-c2c(-c3ccc(F)cc3)nc3n2CCNC3)nn1/C=C/c1ccnc(N2CCOCC2)c1. The molecule has 0 radical (unpaired) electrons. The fourth-order valence-electron chi connectivity index (χ4n) is 4.67. The van der Waals surface area contributed by atoms with E-state index in [1.165, 1.54) is 12.1 Å². The van der Waals surface area contributed by atoms with Crippen molar-refractivity contribution < 1.29 is 9.13 Å². The van der Waals surface area contributed by atoms with Crippen LogP contribution in [0.25, 0.3) is 34.9 Å². The summed E-state index contributed by atoms with van der Waals surface area (Å²) in [6.45, 7) is 5.26. The highest BCUT2D eigenvalue weighted by atomic mass is 19.1. The van der Waals surface area contributed by atoms with Crippen molar-refractivity contribution in [2.24, 2.45) is 0 Å². The first-order valence-corrected chi connectivity index (χ1v) is 12.3. The van der Waals surface area contributed by atoms with Crippen LogP contribution in [-0.2, 0) is 17.8 Å². The molecule has 37 heavy (non-hydrogen) atoms. The van der Waals surface area contributed by atoms with Gasteiger partial charge in [-0.25, -0.2) is 19.0 Å². The number of benzene rings is 1. The van der Waals surface area contributed by atoms with Crippen molar-refractivity contribution in [2.45, 2.75) is 13.1 Å². The molecule has 10 heteroatoms. The molecule has 0 amide bonds. The number of nitrogens with one attached hydrogen (secondary N) is 2. The molecule has 5 heterocycles. The molecule has 3 aromatic heterocycles. The minimum Gasteiger partial charge on any atom is -0.378 e. The molecule has 6 rings (SSSR count). The zero-order valence-corrected chi connectivity index (χ0v) is 20.3. The molecule has 0 atom stereocenters. The van der Waals surface area contributed by atoms with Crippen LogP contribution in [-0.4, -0.2) is 57.2 Å². The number of ether oxygens (including phenoxy) is 1. The fourth-order valence-corrected chi connectivity index (χ4v) is 4.67. The molecule has 2 aliphatic heterocycles. The van der Waals surface area contributed by atoms with E-state index in [0.29, 0.717) is 25.5 Å². The van der Waals surface area contributed by atoms with Gasteiger partial charge in [-0.1, -0.05) is 0 Å². The molecule has 2 aliphatic rings. The summed E-state index contributed by atoms with van der Waals surface area (Å²) in [5.74, 6) is 1.53. The molecule has 0 unspecified atom stereocenters. The molecular weight excluding hydrogens is 471 g/mol. The van der Waals surface area contributed by atoms with Crippen molar-refractivity contribution in [1.82, 2.24) is 29.6 Å². The first-order chi connectivity index (χ1) is 18.2. The maximum atomic E-state index is 13.6. The monoisotopic (exact) mass is 498 g/mol. The van der Waals surface area contributed by atoms with Gasteiger partial charge in [0.25, 0.3) is 0 Å². The average Bonchev–Trinajstić information content (AvgIpc) is 3.33. The second kappa shape index (κ2) is 10.1. The van der Waals surface area contributed by atoms with E-state index in [2.05, 4.69) is 19.8 Å². The highest BCUT2D eigenvalue weighted by Crippen LogP contribution is 2.32. The molecule has 0 saturated carbocycles. The molecule has 1 fully saturated rings. The maximum absolute atomic E-state index is 13.6. The van der Waals surface area contributed by atoms with E-state index in [1.54, 1.807) is 35.3 Å². The Bertz CT molecular complexity index is 1500. The number of nitrogens with zero attached hydrogens (tertiary/aromatic N) is 6. The molecule has 0 aliphatic carbocycles. The van der Waals surface area contributed by atoms with E-state index in [0.717, 1.165) is 60.3 Å². The van der Waals surface area contributed by atoms with Gasteiger partial charge in [-0.05, 0) is 60.2 Å². The van der Waals surface area contributed by atoms with Gasteiger partial charge in [0, 0.05) is 44.1 Å². The number of pyridine rings is 1. The molecule has 0 bridgehead atoms. The molecule has 0 spiro atoms. The first-order valence-electron chi connectivity index (χ1n) is 12.3. The molecule has 2 N–H and O–H groups in total. The molecule has 188 valence electrons. The summed E-state index contributed by atoms with van der Waals surface area (Å²) in [6, 6.07) is 13.9. The highest BCUT2D eigenvalue weighted by Gasteiger charge is 2.23. The standard InChI is InChI=1S/C27H27FN8O/c28-21-3-1-20(2-4-21)26-27(35-12-10-30-18-25(35)32-26)22-5-6-23(29)36(33-22)11-8-19-7-9-31-24(17-19)34-13-15-37-16-14-34/h1-9,11,17,29-30H,10,12-16,18H2/b11-8+,29-23?. The van der Waals surface area contributed by atoms with Crippen LogP contribution < -0.4 is 15.7 Å². The second-order valence-electron chi connectivity index (χ2n) is 8.97. The van der Waals surface area contributed by atoms with E-state index in [-0.39, 0.29) is 11.3 Å². The summed E-state index contributed by atoms with van der Waals surface area (Å²) in [7, 11) is 0. The Morgan fingerprint density at radius 1 is 1.03 bits per heavy atom. The third-order valence-corrected chi connectivity index (χ3v) is 6.58. The first kappa shape index (κ1) is 23.3. The number of morpholine rings is 1. The van der Waals surface area contributed by atoms with E-state index >= 15 is 0 Å². The van der Waals surface area contributed by atoms with Gasteiger partial charge in [-0.3, -0.25) is 5.41 Å². The van der Waals surface area contributed by atoms with Crippen molar-refractivity contribution in [3.8, 4) is 22.6 Å².